The minimum atomic E-state index is -0.933. The molecule has 0 N–H and O–H groups in total. The van der Waals surface area contributed by atoms with Crippen LogP contribution in [0.4, 0.5) is 4.79 Å². The Morgan fingerprint density at radius 1 is 1.08 bits per heavy atom. The number of nitrogens with zero attached hydrogens (tertiary/aromatic N) is 3. The molecule has 1 aliphatic heterocycles. The van der Waals surface area contributed by atoms with E-state index in [9.17, 15) is 19.2 Å². The maximum absolute atomic E-state index is 12.4. The number of urea groups is 1. The van der Waals surface area contributed by atoms with E-state index in [0.29, 0.717) is 13.0 Å². The van der Waals surface area contributed by atoms with E-state index in [-0.39, 0.29) is 6.54 Å². The van der Waals surface area contributed by atoms with Crippen LogP contribution in [0.2, 0.25) is 0 Å². The molecule has 0 unspecified atom stereocenters. The molecule has 0 spiro atoms. The van der Waals surface area contributed by atoms with Crippen LogP contribution in [-0.4, -0.2) is 64.8 Å². The van der Waals surface area contributed by atoms with Gasteiger partial charge in [0.2, 0.25) is 5.91 Å². The maximum atomic E-state index is 12.4. The Balaban J connectivity index is 1.98. The fourth-order valence-corrected chi connectivity index (χ4v) is 2.96. The average Bonchev–Trinajstić information content (AvgIpc) is 2.84. The Morgan fingerprint density at radius 2 is 1.69 bits per heavy atom. The molecule has 0 aromatic heterocycles. The van der Waals surface area contributed by atoms with Gasteiger partial charge in [-0.1, -0.05) is 25.5 Å². The van der Waals surface area contributed by atoms with Gasteiger partial charge in [0.15, 0.2) is 0 Å². The number of hydrogen-bond donors (Lipinski definition) is 0. The predicted molar refractivity (Wildman–Crippen MR) is 98.4 cm³/mol. The number of rotatable bonds is 8. The van der Waals surface area contributed by atoms with Crippen molar-refractivity contribution < 1.29 is 19.2 Å². The van der Waals surface area contributed by atoms with Crippen LogP contribution in [0.15, 0.2) is 29.2 Å². The molecule has 0 atom stereocenters. The third-order valence-electron chi connectivity index (χ3n) is 4.17. The Morgan fingerprint density at radius 3 is 2.27 bits per heavy atom. The molecule has 0 bridgehead atoms. The van der Waals surface area contributed by atoms with E-state index in [2.05, 4.69) is 0 Å². The van der Waals surface area contributed by atoms with Crippen LogP contribution < -0.4 is 0 Å². The number of likely N-dealkylation sites (N-methyl/N-ethyl adjacent to an activating group) is 1. The third kappa shape index (κ3) is 4.43. The number of amides is 5. The first kappa shape index (κ1) is 20.0. The number of thioether (sulfide) groups is 1. The Bertz CT molecular complexity index is 705. The number of unbranched alkanes of at least 4 members (excludes halogenated alkanes) is 1. The van der Waals surface area contributed by atoms with E-state index in [1.54, 1.807) is 18.8 Å². The smallest absolute Gasteiger partial charge is 0.334 e. The highest BCUT2D eigenvalue weighted by atomic mass is 32.2. The average molecular weight is 377 g/mol. The second kappa shape index (κ2) is 8.84. The van der Waals surface area contributed by atoms with Crippen molar-refractivity contribution >= 4 is 35.5 Å². The van der Waals surface area contributed by atoms with Crippen LogP contribution >= 0.6 is 11.8 Å². The van der Waals surface area contributed by atoms with Crippen molar-refractivity contribution in [1.82, 2.24) is 14.7 Å². The molecule has 1 heterocycles. The number of benzene rings is 1. The second-order valence-electron chi connectivity index (χ2n) is 6.08. The lowest BCUT2D eigenvalue weighted by molar-refractivity contribution is -0.144. The minimum Gasteiger partial charge on any atom is -0.340 e. The van der Waals surface area contributed by atoms with Gasteiger partial charge >= 0.3 is 17.8 Å². The van der Waals surface area contributed by atoms with Crippen molar-refractivity contribution in [2.45, 2.75) is 31.2 Å². The summed E-state index contributed by atoms with van der Waals surface area (Å²) in [6.45, 7) is 2.06. The molecule has 0 aliphatic carbocycles. The second-order valence-corrected chi connectivity index (χ2v) is 6.96. The zero-order valence-electron chi connectivity index (χ0n) is 15.2. The first-order valence-electron chi connectivity index (χ1n) is 8.43. The van der Waals surface area contributed by atoms with Gasteiger partial charge in [0, 0.05) is 25.0 Å². The van der Waals surface area contributed by atoms with E-state index in [4.69, 9.17) is 0 Å². The summed E-state index contributed by atoms with van der Waals surface area (Å²) in [6, 6.07) is 7.08. The summed E-state index contributed by atoms with van der Waals surface area (Å²) < 4.78 is 0. The Hall–Kier alpha value is -2.35. The standard InChI is InChI=1S/C18H23N3O4S/c1-4-5-10-20-16(23)17(24)21(18(20)25)12-15(22)19(2)11-13-6-8-14(26-3)9-7-13/h6-9H,4-5,10-12H2,1-3H3. The number of imide groups is 2. The van der Waals surface area contributed by atoms with Gasteiger partial charge in [-0.2, -0.15) is 0 Å². The molecule has 1 aromatic rings. The van der Waals surface area contributed by atoms with Crippen LogP contribution in [0.5, 0.6) is 0 Å². The van der Waals surface area contributed by atoms with Crippen LogP contribution in [0.3, 0.4) is 0 Å². The summed E-state index contributed by atoms with van der Waals surface area (Å²) in [5, 5.41) is 0. The molecule has 26 heavy (non-hydrogen) atoms. The summed E-state index contributed by atoms with van der Waals surface area (Å²) in [6.07, 6.45) is 3.40. The monoisotopic (exact) mass is 377 g/mol. The first-order chi connectivity index (χ1) is 12.4. The molecule has 140 valence electrons. The van der Waals surface area contributed by atoms with Crippen molar-refractivity contribution in [3.63, 3.8) is 0 Å². The molecule has 8 heteroatoms. The van der Waals surface area contributed by atoms with Crippen molar-refractivity contribution in [2.24, 2.45) is 0 Å². The van der Waals surface area contributed by atoms with E-state index in [1.165, 1.54) is 4.90 Å². The number of hydrogen-bond acceptors (Lipinski definition) is 5. The third-order valence-corrected chi connectivity index (χ3v) is 4.91. The van der Waals surface area contributed by atoms with Gasteiger partial charge in [-0.15, -0.1) is 11.8 Å². The lowest BCUT2D eigenvalue weighted by atomic mass is 10.2. The molecule has 0 radical (unpaired) electrons. The highest BCUT2D eigenvalue weighted by Crippen LogP contribution is 2.16. The topological polar surface area (TPSA) is 78.0 Å². The molecular weight excluding hydrogens is 354 g/mol. The highest BCUT2D eigenvalue weighted by Gasteiger charge is 2.44. The van der Waals surface area contributed by atoms with Crippen molar-refractivity contribution in [1.29, 1.82) is 0 Å². The molecule has 7 nitrogen and oxygen atoms in total. The molecule has 1 aromatic carbocycles. The van der Waals surface area contributed by atoms with Gasteiger partial charge in [-0.25, -0.2) is 9.69 Å². The molecule has 0 saturated carbocycles. The maximum Gasteiger partial charge on any atom is 0.334 e. The summed E-state index contributed by atoms with van der Waals surface area (Å²) >= 11 is 1.63. The quantitative estimate of drug-likeness (QED) is 0.393. The SMILES string of the molecule is CCCCN1C(=O)C(=O)N(CC(=O)N(C)Cc2ccc(SC)cc2)C1=O. The van der Waals surface area contributed by atoms with Gasteiger partial charge < -0.3 is 4.90 Å². The van der Waals surface area contributed by atoms with E-state index in [0.717, 1.165) is 26.7 Å². The summed E-state index contributed by atoms with van der Waals surface area (Å²) in [7, 11) is 1.60. The van der Waals surface area contributed by atoms with Crippen LogP contribution in [0, 0.1) is 0 Å². The molecule has 1 saturated heterocycles. The zero-order chi connectivity index (χ0) is 19.3. The van der Waals surface area contributed by atoms with Gasteiger partial charge in [0.25, 0.3) is 0 Å². The largest absolute Gasteiger partial charge is 0.340 e. The predicted octanol–water partition coefficient (Wildman–Crippen LogP) is 1.96. The van der Waals surface area contributed by atoms with Gasteiger partial charge in [0.05, 0.1) is 0 Å². The molecule has 1 aliphatic rings. The van der Waals surface area contributed by atoms with Crippen molar-refractivity contribution in [3.8, 4) is 0 Å². The van der Waals surface area contributed by atoms with Gasteiger partial charge in [-0.3, -0.25) is 19.3 Å². The fraction of sp³-hybridized carbons (Fsp3) is 0.444. The van der Waals surface area contributed by atoms with E-state index in [1.807, 2.05) is 37.4 Å². The molecule has 2 rings (SSSR count). The first-order valence-corrected chi connectivity index (χ1v) is 9.65. The van der Waals surface area contributed by atoms with Crippen molar-refractivity contribution in [3.05, 3.63) is 29.8 Å². The minimum absolute atomic E-state index is 0.197. The fourth-order valence-electron chi connectivity index (χ4n) is 2.55. The van der Waals surface area contributed by atoms with Crippen molar-refractivity contribution in [2.75, 3.05) is 26.4 Å². The highest BCUT2D eigenvalue weighted by molar-refractivity contribution is 7.98. The molecular formula is C18H23N3O4S. The normalized spacial score (nSPS) is 14.3. The van der Waals surface area contributed by atoms with Gasteiger partial charge in [-0.05, 0) is 30.4 Å². The Labute approximate surface area is 157 Å². The lowest BCUT2D eigenvalue weighted by Crippen LogP contribution is -2.42. The van der Waals surface area contributed by atoms with Crippen LogP contribution in [0.25, 0.3) is 0 Å². The van der Waals surface area contributed by atoms with Crippen LogP contribution in [-0.2, 0) is 20.9 Å². The summed E-state index contributed by atoms with van der Waals surface area (Å²) in [5.74, 6) is -2.19. The molecule has 5 amide bonds. The Kier molecular flexibility index (Phi) is 6.79. The summed E-state index contributed by atoms with van der Waals surface area (Å²) in [5.41, 5.74) is 0.943. The lowest BCUT2D eigenvalue weighted by Gasteiger charge is -2.20. The van der Waals surface area contributed by atoms with Crippen LogP contribution in [0.1, 0.15) is 25.3 Å². The number of carbonyl (C=O) groups is 4. The summed E-state index contributed by atoms with van der Waals surface area (Å²) in [4.78, 5) is 52.8. The van der Waals surface area contributed by atoms with E-state index >= 15 is 0 Å². The zero-order valence-corrected chi connectivity index (χ0v) is 16.0. The van der Waals surface area contributed by atoms with E-state index < -0.39 is 30.3 Å². The molecule has 1 fully saturated rings. The van der Waals surface area contributed by atoms with Gasteiger partial charge in [0.1, 0.15) is 6.54 Å². The number of carbonyl (C=O) groups excluding carboxylic acids is 4.